The van der Waals surface area contributed by atoms with Gasteiger partial charge in [-0.2, -0.15) is 0 Å². The summed E-state index contributed by atoms with van der Waals surface area (Å²) in [5.74, 6) is -1.19. The van der Waals surface area contributed by atoms with Gasteiger partial charge in [-0.3, -0.25) is 9.59 Å². The lowest BCUT2D eigenvalue weighted by Gasteiger charge is -2.20. The number of hydrogen-bond acceptors (Lipinski definition) is 3. The van der Waals surface area contributed by atoms with E-state index in [1.807, 2.05) is 37.2 Å². The molecular weight excluding hydrogens is 359 g/mol. The minimum absolute atomic E-state index is 0.0652. The Bertz CT molecular complexity index is 632. The number of carboxylic acids is 1. The third kappa shape index (κ3) is 11.5. The Labute approximate surface area is 167 Å². The van der Waals surface area contributed by atoms with Gasteiger partial charge in [0.15, 0.2) is 0 Å². The van der Waals surface area contributed by atoms with E-state index in [-0.39, 0.29) is 24.2 Å². The highest BCUT2D eigenvalue weighted by Crippen LogP contribution is 2.11. The zero-order valence-corrected chi connectivity index (χ0v) is 17.0. The van der Waals surface area contributed by atoms with Gasteiger partial charge in [-0.1, -0.05) is 49.6 Å². The smallest absolute Gasteiger partial charge is 0.305 e. The largest absolute Gasteiger partial charge is 0.481 e. The van der Waals surface area contributed by atoms with Crippen LogP contribution >= 0.6 is 0 Å². The number of nitrogens with one attached hydrogen (secondary N) is 1. The molecule has 0 saturated carbocycles. The molecule has 156 valence electrons. The second-order valence-corrected chi connectivity index (χ2v) is 7.35. The third-order valence-corrected chi connectivity index (χ3v) is 4.35. The van der Waals surface area contributed by atoms with E-state index in [2.05, 4.69) is 5.32 Å². The fourth-order valence-corrected chi connectivity index (χ4v) is 3.01. The Balaban J connectivity index is 2.10. The molecule has 0 aliphatic carbocycles. The molecule has 0 heterocycles. The van der Waals surface area contributed by atoms with Crippen molar-refractivity contribution in [2.75, 3.05) is 20.6 Å². The Morgan fingerprint density at radius 3 is 2.50 bits per heavy atom. The summed E-state index contributed by atoms with van der Waals surface area (Å²) in [4.78, 5) is 24.7. The van der Waals surface area contributed by atoms with E-state index < -0.39 is 5.97 Å². The molecule has 0 aliphatic rings. The number of nitrogens with zero attached hydrogens (tertiary/aromatic N) is 1. The SMILES string of the molecule is CN(C)C[C@@H](CC(=O)O)NC(=O)CCCCCCCC=Cc1ccccc1F. The fourth-order valence-electron chi connectivity index (χ4n) is 3.01. The highest BCUT2D eigenvalue weighted by atomic mass is 19.1. The first-order valence-corrected chi connectivity index (χ1v) is 9.95. The molecule has 0 unspecified atom stereocenters. The predicted octanol–water partition coefficient (Wildman–Crippen LogP) is 4.09. The highest BCUT2D eigenvalue weighted by molar-refractivity contribution is 5.77. The number of benzene rings is 1. The van der Waals surface area contributed by atoms with Crippen molar-refractivity contribution in [3.8, 4) is 0 Å². The molecule has 28 heavy (non-hydrogen) atoms. The van der Waals surface area contributed by atoms with Crippen molar-refractivity contribution in [2.24, 2.45) is 0 Å². The summed E-state index contributed by atoms with van der Waals surface area (Å²) in [5.41, 5.74) is 0.615. The van der Waals surface area contributed by atoms with Gasteiger partial charge < -0.3 is 15.3 Å². The van der Waals surface area contributed by atoms with E-state index in [0.717, 1.165) is 38.5 Å². The summed E-state index contributed by atoms with van der Waals surface area (Å²) in [6.07, 6.45) is 10.0. The Morgan fingerprint density at radius 2 is 1.82 bits per heavy atom. The summed E-state index contributed by atoms with van der Waals surface area (Å²) < 4.78 is 13.5. The quantitative estimate of drug-likeness (QED) is 0.468. The fraction of sp³-hybridized carbons (Fsp3) is 0.545. The molecule has 0 saturated heterocycles. The molecule has 1 aromatic carbocycles. The molecule has 1 atom stereocenters. The summed E-state index contributed by atoms with van der Waals surface area (Å²) in [5, 5.41) is 11.7. The summed E-state index contributed by atoms with van der Waals surface area (Å²) in [7, 11) is 3.71. The molecule has 0 bridgehead atoms. The van der Waals surface area contributed by atoms with Crippen molar-refractivity contribution in [1.29, 1.82) is 0 Å². The first kappa shape index (κ1) is 23.8. The summed E-state index contributed by atoms with van der Waals surface area (Å²) >= 11 is 0. The number of allylic oxidation sites excluding steroid dienone is 1. The van der Waals surface area contributed by atoms with Crippen LogP contribution in [-0.2, 0) is 9.59 Å². The number of aliphatic carboxylic acids is 1. The van der Waals surface area contributed by atoms with E-state index in [9.17, 15) is 14.0 Å². The maximum absolute atomic E-state index is 13.5. The van der Waals surface area contributed by atoms with Crippen LogP contribution in [0.15, 0.2) is 30.3 Å². The van der Waals surface area contributed by atoms with E-state index in [1.165, 1.54) is 6.07 Å². The molecule has 1 aromatic rings. The van der Waals surface area contributed by atoms with Gasteiger partial charge in [0, 0.05) is 18.5 Å². The van der Waals surface area contributed by atoms with Gasteiger partial charge in [-0.05, 0) is 39.4 Å². The monoisotopic (exact) mass is 392 g/mol. The molecule has 6 heteroatoms. The number of rotatable bonds is 14. The van der Waals surface area contributed by atoms with E-state index in [4.69, 9.17) is 5.11 Å². The average molecular weight is 393 g/mol. The zero-order valence-electron chi connectivity index (χ0n) is 17.0. The molecule has 1 rings (SSSR count). The van der Waals surface area contributed by atoms with Crippen molar-refractivity contribution in [3.05, 3.63) is 41.7 Å². The van der Waals surface area contributed by atoms with Crippen LogP contribution in [0.5, 0.6) is 0 Å². The number of carbonyl (C=O) groups is 2. The molecule has 1 amide bonds. The van der Waals surface area contributed by atoms with Gasteiger partial charge in [0.1, 0.15) is 5.82 Å². The minimum atomic E-state index is -0.906. The normalized spacial score (nSPS) is 12.4. The van der Waals surface area contributed by atoms with Crippen molar-refractivity contribution in [1.82, 2.24) is 10.2 Å². The molecule has 0 fully saturated rings. The van der Waals surface area contributed by atoms with Crippen LogP contribution in [0, 0.1) is 5.82 Å². The van der Waals surface area contributed by atoms with Crippen LogP contribution in [0.2, 0.25) is 0 Å². The van der Waals surface area contributed by atoms with Crippen molar-refractivity contribution in [3.63, 3.8) is 0 Å². The second kappa shape index (κ2) is 13.9. The van der Waals surface area contributed by atoms with Crippen LogP contribution < -0.4 is 5.32 Å². The number of carboxylic acid groups (broad SMARTS) is 1. The van der Waals surface area contributed by atoms with E-state index in [0.29, 0.717) is 18.5 Å². The van der Waals surface area contributed by atoms with Crippen LogP contribution in [0.4, 0.5) is 4.39 Å². The van der Waals surface area contributed by atoms with Crippen LogP contribution in [0.1, 0.15) is 56.9 Å². The van der Waals surface area contributed by atoms with Gasteiger partial charge in [-0.25, -0.2) is 4.39 Å². The summed E-state index contributed by atoms with van der Waals surface area (Å²) in [6, 6.07) is 6.36. The topological polar surface area (TPSA) is 69.6 Å². The molecule has 2 N–H and O–H groups in total. The lowest BCUT2D eigenvalue weighted by molar-refractivity contribution is -0.137. The number of hydrogen-bond donors (Lipinski definition) is 2. The lowest BCUT2D eigenvalue weighted by Crippen LogP contribution is -2.42. The third-order valence-electron chi connectivity index (χ3n) is 4.35. The van der Waals surface area contributed by atoms with Crippen LogP contribution in [0.3, 0.4) is 0 Å². The lowest BCUT2D eigenvalue weighted by atomic mass is 10.1. The number of unbranched alkanes of at least 4 members (excludes halogenated alkanes) is 5. The van der Waals surface area contributed by atoms with Crippen molar-refractivity contribution >= 4 is 18.0 Å². The molecule has 0 aromatic heterocycles. The number of carbonyl (C=O) groups excluding carboxylic acids is 1. The Hall–Kier alpha value is -2.21. The Morgan fingerprint density at radius 1 is 1.14 bits per heavy atom. The van der Waals surface area contributed by atoms with Crippen LogP contribution in [-0.4, -0.2) is 48.6 Å². The number of halogens is 1. The maximum Gasteiger partial charge on any atom is 0.305 e. The molecule has 0 aliphatic heterocycles. The number of amides is 1. The van der Waals surface area contributed by atoms with Gasteiger partial charge >= 0.3 is 5.97 Å². The first-order valence-electron chi connectivity index (χ1n) is 9.95. The number of likely N-dealkylation sites (N-methyl/N-ethyl adjacent to an activating group) is 1. The molecule has 0 radical (unpaired) electrons. The predicted molar refractivity (Wildman–Crippen MR) is 110 cm³/mol. The van der Waals surface area contributed by atoms with Gasteiger partial charge in [0.05, 0.1) is 12.5 Å². The standard InChI is InChI=1S/C22H33FN2O3/c1-25(2)17-19(16-22(27)28)24-21(26)15-9-7-5-3-4-6-8-12-18-13-10-11-14-20(18)23/h8,10-14,19H,3-7,9,15-17H2,1-2H3,(H,24,26)(H,27,28)/t19-/m1/s1. The maximum atomic E-state index is 13.5. The van der Waals surface area contributed by atoms with Gasteiger partial charge in [-0.15, -0.1) is 0 Å². The average Bonchev–Trinajstić information content (AvgIpc) is 2.60. The second-order valence-electron chi connectivity index (χ2n) is 7.35. The van der Waals surface area contributed by atoms with E-state index >= 15 is 0 Å². The van der Waals surface area contributed by atoms with E-state index in [1.54, 1.807) is 12.1 Å². The van der Waals surface area contributed by atoms with Gasteiger partial charge in [0.25, 0.3) is 0 Å². The first-order chi connectivity index (χ1) is 13.4. The molecule has 5 nitrogen and oxygen atoms in total. The van der Waals surface area contributed by atoms with Crippen molar-refractivity contribution < 1.29 is 19.1 Å². The Kier molecular flexibility index (Phi) is 11.8. The highest BCUT2D eigenvalue weighted by Gasteiger charge is 2.16. The minimum Gasteiger partial charge on any atom is -0.481 e. The van der Waals surface area contributed by atoms with Crippen molar-refractivity contribution in [2.45, 2.75) is 57.4 Å². The van der Waals surface area contributed by atoms with Crippen LogP contribution in [0.25, 0.3) is 6.08 Å². The zero-order chi connectivity index (χ0) is 20.8. The summed E-state index contributed by atoms with van der Waals surface area (Å²) in [6.45, 7) is 0.512. The van der Waals surface area contributed by atoms with Gasteiger partial charge in [0.2, 0.25) is 5.91 Å². The molecular formula is C22H33FN2O3. The molecule has 0 spiro atoms.